The highest BCUT2D eigenvalue weighted by Crippen LogP contribution is 2.23. The van der Waals surface area contributed by atoms with Crippen molar-refractivity contribution in [2.75, 3.05) is 7.11 Å². The van der Waals surface area contributed by atoms with Crippen LogP contribution in [0.3, 0.4) is 0 Å². The molecule has 0 bridgehead atoms. The molecular weight excluding hydrogens is 322 g/mol. The summed E-state index contributed by atoms with van der Waals surface area (Å²) in [4.78, 5) is 13.0. The van der Waals surface area contributed by atoms with Gasteiger partial charge in [0.25, 0.3) is 0 Å². The summed E-state index contributed by atoms with van der Waals surface area (Å²) in [5.74, 6) is 0.806. The molecule has 2 heterocycles. The molecule has 3 nitrogen and oxygen atoms in total. The second-order valence-electron chi connectivity index (χ2n) is 6.73. The van der Waals surface area contributed by atoms with Crippen LogP contribution in [0.4, 0.5) is 0 Å². The van der Waals surface area contributed by atoms with E-state index in [4.69, 9.17) is 4.74 Å². The maximum absolute atomic E-state index is 13.0. The van der Waals surface area contributed by atoms with Gasteiger partial charge in [-0.1, -0.05) is 38.7 Å². The van der Waals surface area contributed by atoms with Gasteiger partial charge >= 0.3 is 0 Å². The first kappa shape index (κ1) is 18.2. The molecule has 3 aromatic rings. The number of hydrogen-bond donors (Lipinski definition) is 0. The van der Waals surface area contributed by atoms with Gasteiger partial charge in [-0.3, -0.25) is 4.79 Å². The predicted molar refractivity (Wildman–Crippen MR) is 106 cm³/mol. The third-order valence-electron chi connectivity index (χ3n) is 4.89. The lowest BCUT2D eigenvalue weighted by molar-refractivity contribution is 0.103. The van der Waals surface area contributed by atoms with E-state index in [9.17, 15) is 4.79 Å². The lowest BCUT2D eigenvalue weighted by Crippen LogP contribution is -2.04. The maximum Gasteiger partial charge on any atom is 0.209 e. The summed E-state index contributed by atoms with van der Waals surface area (Å²) in [6.07, 6.45) is 9.28. The molecule has 0 aliphatic heterocycles. The topological polar surface area (TPSA) is 30.7 Å². The van der Waals surface area contributed by atoms with Crippen molar-refractivity contribution in [2.45, 2.75) is 45.4 Å². The molecule has 26 heavy (non-hydrogen) atoms. The third kappa shape index (κ3) is 3.98. The van der Waals surface area contributed by atoms with Crippen LogP contribution >= 0.6 is 0 Å². The quantitative estimate of drug-likeness (QED) is 0.367. The van der Waals surface area contributed by atoms with Crippen molar-refractivity contribution < 1.29 is 9.53 Å². The SMILES string of the molecule is CCCCCCCc1cc(C(=O)c2ccc(OC)cc2)n2ccccc12. The van der Waals surface area contributed by atoms with Gasteiger partial charge in [-0.15, -0.1) is 0 Å². The van der Waals surface area contributed by atoms with Gasteiger partial charge in [-0.2, -0.15) is 0 Å². The van der Waals surface area contributed by atoms with Crippen molar-refractivity contribution >= 4 is 11.3 Å². The first-order valence-electron chi connectivity index (χ1n) is 9.52. The van der Waals surface area contributed by atoms with Crippen molar-refractivity contribution in [1.29, 1.82) is 0 Å². The van der Waals surface area contributed by atoms with Crippen molar-refractivity contribution in [3.8, 4) is 5.75 Å². The molecule has 0 spiro atoms. The number of unbranched alkanes of at least 4 members (excludes halogenated alkanes) is 4. The van der Waals surface area contributed by atoms with Crippen molar-refractivity contribution in [3.63, 3.8) is 0 Å². The number of ketones is 1. The Labute approximate surface area is 155 Å². The molecule has 0 atom stereocenters. The van der Waals surface area contributed by atoms with Gasteiger partial charge in [0, 0.05) is 17.3 Å². The van der Waals surface area contributed by atoms with Crippen LogP contribution < -0.4 is 4.74 Å². The highest BCUT2D eigenvalue weighted by molar-refractivity contribution is 6.09. The van der Waals surface area contributed by atoms with Gasteiger partial charge in [-0.05, 0) is 60.9 Å². The summed E-state index contributed by atoms with van der Waals surface area (Å²) in [5, 5.41) is 0. The zero-order chi connectivity index (χ0) is 18.4. The number of nitrogens with zero attached hydrogens (tertiary/aromatic N) is 1. The summed E-state index contributed by atoms with van der Waals surface area (Å²) in [7, 11) is 1.63. The smallest absolute Gasteiger partial charge is 0.209 e. The van der Waals surface area contributed by atoms with Crippen LogP contribution in [-0.4, -0.2) is 17.3 Å². The Morgan fingerprint density at radius 1 is 1.00 bits per heavy atom. The molecule has 0 saturated carbocycles. The van der Waals surface area contributed by atoms with Gasteiger partial charge in [0.05, 0.1) is 12.8 Å². The van der Waals surface area contributed by atoms with Gasteiger partial charge in [0.15, 0.2) is 0 Å². The molecule has 136 valence electrons. The Morgan fingerprint density at radius 3 is 2.50 bits per heavy atom. The van der Waals surface area contributed by atoms with Crippen LogP contribution in [0.15, 0.2) is 54.7 Å². The third-order valence-corrected chi connectivity index (χ3v) is 4.89. The highest BCUT2D eigenvalue weighted by atomic mass is 16.5. The number of fused-ring (bicyclic) bond motifs is 1. The Balaban J connectivity index is 1.84. The average molecular weight is 349 g/mol. The van der Waals surface area contributed by atoms with Gasteiger partial charge in [0.2, 0.25) is 5.78 Å². The number of rotatable bonds is 9. The van der Waals surface area contributed by atoms with Crippen LogP contribution in [-0.2, 0) is 6.42 Å². The fourth-order valence-electron chi connectivity index (χ4n) is 3.41. The number of hydrogen-bond acceptors (Lipinski definition) is 2. The minimum atomic E-state index is 0.0473. The number of pyridine rings is 1. The minimum Gasteiger partial charge on any atom is -0.497 e. The van der Waals surface area contributed by atoms with E-state index in [2.05, 4.69) is 19.1 Å². The summed E-state index contributed by atoms with van der Waals surface area (Å²) in [6, 6.07) is 15.5. The van der Waals surface area contributed by atoms with Crippen LogP contribution in [0.1, 0.15) is 60.6 Å². The molecule has 0 saturated heterocycles. The van der Waals surface area contributed by atoms with Crippen LogP contribution in [0, 0.1) is 0 Å². The van der Waals surface area contributed by atoms with Crippen LogP contribution in [0.5, 0.6) is 5.75 Å². The van der Waals surface area contributed by atoms with Crippen molar-refractivity contribution in [1.82, 2.24) is 4.40 Å². The minimum absolute atomic E-state index is 0.0473. The molecule has 0 N–H and O–H groups in total. The Kier molecular flexibility index (Phi) is 6.11. The number of aryl methyl sites for hydroxylation is 1. The fourth-order valence-corrected chi connectivity index (χ4v) is 3.41. The second kappa shape index (κ2) is 8.70. The van der Waals surface area contributed by atoms with E-state index in [0.29, 0.717) is 5.56 Å². The Bertz CT molecular complexity index is 862. The first-order chi connectivity index (χ1) is 12.7. The van der Waals surface area contributed by atoms with Gasteiger partial charge in [-0.25, -0.2) is 0 Å². The van der Waals surface area contributed by atoms with Crippen molar-refractivity contribution in [2.24, 2.45) is 0 Å². The van der Waals surface area contributed by atoms with E-state index < -0.39 is 0 Å². The van der Waals surface area contributed by atoms with E-state index in [-0.39, 0.29) is 5.78 Å². The predicted octanol–water partition coefficient (Wildman–Crippen LogP) is 5.69. The normalized spacial score (nSPS) is 11.0. The van der Waals surface area contributed by atoms with Gasteiger partial charge < -0.3 is 9.14 Å². The summed E-state index contributed by atoms with van der Waals surface area (Å²) < 4.78 is 7.21. The van der Waals surface area contributed by atoms with E-state index in [1.807, 2.05) is 47.0 Å². The summed E-state index contributed by atoms with van der Waals surface area (Å²) in [5.41, 5.74) is 3.82. The van der Waals surface area contributed by atoms with Crippen LogP contribution in [0.2, 0.25) is 0 Å². The molecule has 0 aliphatic rings. The summed E-state index contributed by atoms with van der Waals surface area (Å²) in [6.45, 7) is 2.23. The fraction of sp³-hybridized carbons (Fsp3) is 0.348. The van der Waals surface area contributed by atoms with Crippen molar-refractivity contribution in [3.05, 3.63) is 71.5 Å². The second-order valence-corrected chi connectivity index (χ2v) is 6.73. The van der Waals surface area contributed by atoms with E-state index in [1.54, 1.807) is 7.11 Å². The maximum atomic E-state index is 13.0. The number of methoxy groups -OCH3 is 1. The standard InChI is InChI=1S/C23H27NO2/c1-3-4-5-6-7-10-19-17-22(24-16-9-8-11-21(19)24)23(25)18-12-14-20(26-2)15-13-18/h8-9,11-17H,3-7,10H2,1-2H3. The zero-order valence-corrected chi connectivity index (χ0v) is 15.7. The lowest BCUT2D eigenvalue weighted by Gasteiger charge is -2.04. The Hall–Kier alpha value is -2.55. The van der Waals surface area contributed by atoms with E-state index in [0.717, 1.165) is 23.4 Å². The molecule has 3 rings (SSSR count). The molecule has 0 aliphatic carbocycles. The molecule has 0 unspecified atom stereocenters. The zero-order valence-electron chi connectivity index (χ0n) is 15.7. The van der Waals surface area contributed by atoms with E-state index in [1.165, 1.54) is 37.7 Å². The number of aromatic nitrogens is 1. The highest BCUT2D eigenvalue weighted by Gasteiger charge is 2.16. The number of ether oxygens (including phenoxy) is 1. The molecule has 1 aromatic carbocycles. The first-order valence-corrected chi connectivity index (χ1v) is 9.52. The lowest BCUT2D eigenvalue weighted by atomic mass is 10.0. The Morgan fingerprint density at radius 2 is 1.77 bits per heavy atom. The molecule has 0 amide bonds. The summed E-state index contributed by atoms with van der Waals surface area (Å²) >= 11 is 0. The number of benzene rings is 1. The average Bonchev–Trinajstić information content (AvgIpc) is 3.06. The monoisotopic (exact) mass is 349 g/mol. The van der Waals surface area contributed by atoms with Crippen LogP contribution in [0.25, 0.3) is 5.52 Å². The van der Waals surface area contributed by atoms with E-state index >= 15 is 0 Å². The molecule has 0 fully saturated rings. The number of carbonyl (C=O) groups excluding carboxylic acids is 1. The van der Waals surface area contributed by atoms with Gasteiger partial charge in [0.1, 0.15) is 5.75 Å². The molecule has 0 radical (unpaired) electrons. The molecule has 3 heteroatoms. The molecular formula is C23H27NO2. The molecule has 2 aromatic heterocycles. The largest absolute Gasteiger partial charge is 0.497 e. The number of carbonyl (C=O) groups is 1.